The molecule has 2 rings (SSSR count). The number of nitrogens with one attached hydrogen (secondary N) is 1. The Morgan fingerprint density at radius 3 is 2.44 bits per heavy atom. The highest BCUT2D eigenvalue weighted by Crippen LogP contribution is 2.25. The summed E-state index contributed by atoms with van der Waals surface area (Å²) in [6.45, 7) is 1.97. The van der Waals surface area contributed by atoms with Crippen molar-refractivity contribution in [2.75, 3.05) is 0 Å². The second kappa shape index (κ2) is 5.52. The number of thiophene rings is 1. The lowest BCUT2D eigenvalue weighted by Crippen LogP contribution is -2.38. The van der Waals surface area contributed by atoms with Gasteiger partial charge in [-0.15, -0.1) is 11.3 Å². The van der Waals surface area contributed by atoms with E-state index in [9.17, 15) is 9.59 Å². The topological polar surface area (TPSA) is 66.4 Å². The summed E-state index contributed by atoms with van der Waals surface area (Å²) >= 11 is 1.48. The Morgan fingerprint density at radius 1 is 1.28 bits per heavy atom. The summed E-state index contributed by atoms with van der Waals surface area (Å²) in [5.41, 5.74) is 0. The third-order valence-corrected chi connectivity index (χ3v) is 4.38. The van der Waals surface area contributed by atoms with Gasteiger partial charge in [-0.1, -0.05) is 0 Å². The molecule has 1 aliphatic rings. The van der Waals surface area contributed by atoms with Crippen LogP contribution in [0.4, 0.5) is 0 Å². The van der Waals surface area contributed by atoms with E-state index in [1.54, 1.807) is 0 Å². The van der Waals surface area contributed by atoms with Gasteiger partial charge in [-0.25, -0.2) is 0 Å². The monoisotopic (exact) mass is 267 g/mol. The van der Waals surface area contributed by atoms with Crippen LogP contribution >= 0.6 is 11.3 Å². The lowest BCUT2D eigenvalue weighted by Gasteiger charge is -2.26. The molecule has 2 N–H and O–H groups in total. The minimum absolute atomic E-state index is 0.0353. The van der Waals surface area contributed by atoms with Gasteiger partial charge in [-0.3, -0.25) is 9.59 Å². The average Bonchev–Trinajstić information content (AvgIpc) is 2.76. The van der Waals surface area contributed by atoms with Crippen LogP contribution in [0, 0.1) is 12.8 Å². The Kier molecular flexibility index (Phi) is 4.01. The zero-order valence-corrected chi connectivity index (χ0v) is 11.1. The normalized spacial score (nSPS) is 23.6. The number of aryl methyl sites for hydroxylation is 1. The first-order valence-electron chi connectivity index (χ1n) is 6.16. The number of rotatable bonds is 3. The second-order valence-corrected chi connectivity index (χ2v) is 6.06. The molecule has 4 nitrogen and oxygen atoms in total. The molecule has 1 aromatic rings. The Bertz CT molecular complexity index is 447. The van der Waals surface area contributed by atoms with E-state index in [0.717, 1.165) is 22.6 Å². The molecular formula is C13H17NO3S. The maximum absolute atomic E-state index is 11.9. The lowest BCUT2D eigenvalue weighted by atomic mass is 9.86. The van der Waals surface area contributed by atoms with Gasteiger partial charge >= 0.3 is 5.97 Å². The first kappa shape index (κ1) is 13.1. The zero-order chi connectivity index (χ0) is 13.1. The molecule has 0 radical (unpaired) electrons. The fourth-order valence-electron chi connectivity index (χ4n) is 2.30. The minimum Gasteiger partial charge on any atom is -0.481 e. The van der Waals surface area contributed by atoms with Crippen LogP contribution in [0.3, 0.4) is 0 Å². The van der Waals surface area contributed by atoms with Crippen LogP contribution in [-0.2, 0) is 4.79 Å². The van der Waals surface area contributed by atoms with Crippen LogP contribution in [0.25, 0.3) is 0 Å². The number of hydrogen-bond donors (Lipinski definition) is 2. The van der Waals surface area contributed by atoms with E-state index in [-0.39, 0.29) is 17.9 Å². The summed E-state index contributed by atoms with van der Waals surface area (Å²) in [6, 6.07) is 3.88. The van der Waals surface area contributed by atoms with Crippen molar-refractivity contribution in [2.24, 2.45) is 5.92 Å². The Hall–Kier alpha value is -1.36. The summed E-state index contributed by atoms with van der Waals surface area (Å²) in [5.74, 6) is -0.984. The van der Waals surface area contributed by atoms with Crippen LogP contribution in [0.15, 0.2) is 12.1 Å². The summed E-state index contributed by atoms with van der Waals surface area (Å²) in [7, 11) is 0. The molecule has 5 heteroatoms. The average molecular weight is 267 g/mol. The molecule has 18 heavy (non-hydrogen) atoms. The van der Waals surface area contributed by atoms with Crippen molar-refractivity contribution in [2.45, 2.75) is 38.6 Å². The third kappa shape index (κ3) is 3.10. The Balaban J connectivity index is 1.85. The predicted molar refractivity (Wildman–Crippen MR) is 69.9 cm³/mol. The molecule has 0 bridgehead atoms. The summed E-state index contributed by atoms with van der Waals surface area (Å²) < 4.78 is 0. The van der Waals surface area contributed by atoms with Gasteiger partial charge in [0.25, 0.3) is 5.91 Å². The largest absolute Gasteiger partial charge is 0.481 e. The van der Waals surface area contributed by atoms with Crippen LogP contribution < -0.4 is 5.32 Å². The number of hydrogen-bond acceptors (Lipinski definition) is 3. The van der Waals surface area contributed by atoms with Gasteiger partial charge in [0.1, 0.15) is 0 Å². The van der Waals surface area contributed by atoms with Gasteiger partial charge in [0, 0.05) is 10.9 Å². The van der Waals surface area contributed by atoms with Crippen molar-refractivity contribution < 1.29 is 14.7 Å². The number of carbonyl (C=O) groups excluding carboxylic acids is 1. The van der Waals surface area contributed by atoms with Crippen molar-refractivity contribution in [1.29, 1.82) is 0 Å². The van der Waals surface area contributed by atoms with E-state index in [0.29, 0.717) is 12.8 Å². The molecule has 1 amide bonds. The molecule has 0 unspecified atom stereocenters. The number of carbonyl (C=O) groups is 2. The summed E-state index contributed by atoms with van der Waals surface area (Å²) in [4.78, 5) is 24.6. The molecule has 0 aromatic carbocycles. The van der Waals surface area contributed by atoms with Gasteiger partial charge in [0.05, 0.1) is 10.8 Å². The quantitative estimate of drug-likeness (QED) is 0.884. The maximum Gasteiger partial charge on any atom is 0.306 e. The highest BCUT2D eigenvalue weighted by molar-refractivity contribution is 7.13. The van der Waals surface area contributed by atoms with Crippen molar-refractivity contribution in [3.05, 3.63) is 21.9 Å². The minimum atomic E-state index is -0.714. The SMILES string of the molecule is Cc1ccc(C(=O)NC2CCC(C(=O)O)CC2)s1. The van der Waals surface area contributed by atoms with E-state index in [1.165, 1.54) is 11.3 Å². The van der Waals surface area contributed by atoms with Crippen LogP contribution in [-0.4, -0.2) is 23.0 Å². The molecule has 1 fully saturated rings. The molecular weight excluding hydrogens is 250 g/mol. The molecule has 0 atom stereocenters. The van der Waals surface area contributed by atoms with Crippen molar-refractivity contribution in [1.82, 2.24) is 5.32 Å². The fourth-order valence-corrected chi connectivity index (χ4v) is 3.07. The number of carboxylic acids is 1. The zero-order valence-electron chi connectivity index (χ0n) is 10.3. The predicted octanol–water partition coefficient (Wildman–Crippen LogP) is 2.43. The number of amides is 1. The van der Waals surface area contributed by atoms with Gasteiger partial charge in [-0.2, -0.15) is 0 Å². The van der Waals surface area contributed by atoms with E-state index in [4.69, 9.17) is 5.11 Å². The fraction of sp³-hybridized carbons (Fsp3) is 0.538. The highest BCUT2D eigenvalue weighted by Gasteiger charge is 2.26. The lowest BCUT2D eigenvalue weighted by molar-refractivity contribution is -0.142. The summed E-state index contributed by atoms with van der Waals surface area (Å²) in [6.07, 6.45) is 2.83. The number of carboxylic acid groups (broad SMARTS) is 1. The molecule has 0 aliphatic heterocycles. The Labute approximate surface area is 110 Å². The van der Waals surface area contributed by atoms with E-state index >= 15 is 0 Å². The van der Waals surface area contributed by atoms with Gasteiger partial charge in [0.15, 0.2) is 0 Å². The van der Waals surface area contributed by atoms with Gasteiger partial charge in [0.2, 0.25) is 0 Å². The molecule has 1 heterocycles. The van der Waals surface area contributed by atoms with Crippen molar-refractivity contribution >= 4 is 23.2 Å². The van der Waals surface area contributed by atoms with Gasteiger partial charge in [-0.05, 0) is 44.7 Å². The van der Waals surface area contributed by atoms with Gasteiger partial charge < -0.3 is 10.4 Å². The number of aliphatic carboxylic acids is 1. The molecule has 0 saturated heterocycles. The molecule has 98 valence electrons. The highest BCUT2D eigenvalue weighted by atomic mass is 32.1. The van der Waals surface area contributed by atoms with Crippen LogP contribution in [0.1, 0.15) is 40.2 Å². The molecule has 1 aromatic heterocycles. The third-order valence-electron chi connectivity index (χ3n) is 3.38. The van der Waals surface area contributed by atoms with Crippen molar-refractivity contribution in [3.63, 3.8) is 0 Å². The standard InChI is InChI=1S/C13H17NO3S/c1-8-2-7-11(18-8)12(15)14-10-5-3-9(4-6-10)13(16)17/h2,7,9-10H,3-6H2,1H3,(H,14,15)(H,16,17). The molecule has 1 saturated carbocycles. The molecule has 1 aliphatic carbocycles. The first-order chi connectivity index (χ1) is 8.56. The van der Waals surface area contributed by atoms with Crippen LogP contribution in [0.2, 0.25) is 0 Å². The van der Waals surface area contributed by atoms with E-state index < -0.39 is 5.97 Å². The van der Waals surface area contributed by atoms with E-state index in [2.05, 4.69) is 5.32 Å². The first-order valence-corrected chi connectivity index (χ1v) is 6.98. The van der Waals surface area contributed by atoms with Crippen LogP contribution in [0.5, 0.6) is 0 Å². The smallest absolute Gasteiger partial charge is 0.306 e. The van der Waals surface area contributed by atoms with E-state index in [1.807, 2.05) is 19.1 Å². The van der Waals surface area contributed by atoms with Crippen molar-refractivity contribution in [3.8, 4) is 0 Å². The summed E-state index contributed by atoms with van der Waals surface area (Å²) in [5, 5.41) is 11.9. The molecule has 0 spiro atoms. The second-order valence-electron chi connectivity index (χ2n) is 4.77. The maximum atomic E-state index is 11.9. The Morgan fingerprint density at radius 2 is 1.94 bits per heavy atom.